The summed E-state index contributed by atoms with van der Waals surface area (Å²) in [6.45, 7) is 1.76. The lowest BCUT2D eigenvalue weighted by molar-refractivity contribution is -0.141. The SMILES string of the molecule is CC(Br)c1ccnc(C(F)(F)F)c1. The Morgan fingerprint density at radius 3 is 2.54 bits per heavy atom. The third kappa shape index (κ3) is 2.69. The number of nitrogens with zero attached hydrogens (tertiary/aromatic N) is 1. The minimum atomic E-state index is -4.36. The standard InChI is InChI=1S/C8H7BrF3N/c1-5(9)6-2-3-13-7(4-6)8(10,11)12/h2-5H,1H3. The molecule has 1 unspecified atom stereocenters. The Balaban J connectivity index is 3.06. The summed E-state index contributed by atoms with van der Waals surface area (Å²) >= 11 is 3.19. The molecular weight excluding hydrogens is 247 g/mol. The lowest BCUT2D eigenvalue weighted by atomic mass is 10.2. The fourth-order valence-electron chi connectivity index (χ4n) is 0.849. The molecule has 0 amide bonds. The molecule has 1 nitrogen and oxygen atoms in total. The van der Waals surface area contributed by atoms with E-state index >= 15 is 0 Å². The van der Waals surface area contributed by atoms with Gasteiger partial charge in [0.15, 0.2) is 0 Å². The molecule has 5 heteroatoms. The Kier molecular flexibility index (Phi) is 2.95. The zero-order valence-corrected chi connectivity index (χ0v) is 8.35. The van der Waals surface area contributed by atoms with Crippen molar-refractivity contribution in [2.45, 2.75) is 17.9 Å². The van der Waals surface area contributed by atoms with Crippen LogP contribution in [0, 0.1) is 0 Å². The molecule has 13 heavy (non-hydrogen) atoms. The molecule has 1 atom stereocenters. The smallest absolute Gasteiger partial charge is 0.252 e. The van der Waals surface area contributed by atoms with Gasteiger partial charge in [-0.05, 0) is 24.6 Å². The summed E-state index contributed by atoms with van der Waals surface area (Å²) in [6, 6.07) is 2.59. The Labute approximate surface area is 82.1 Å². The number of rotatable bonds is 1. The average Bonchev–Trinajstić information content (AvgIpc) is 2.03. The van der Waals surface area contributed by atoms with Gasteiger partial charge >= 0.3 is 6.18 Å². The highest BCUT2D eigenvalue weighted by Gasteiger charge is 2.32. The zero-order chi connectivity index (χ0) is 10.1. The normalized spacial score (nSPS) is 14.2. The van der Waals surface area contributed by atoms with Crippen molar-refractivity contribution in [3.63, 3.8) is 0 Å². The van der Waals surface area contributed by atoms with E-state index in [1.807, 2.05) is 0 Å². The lowest BCUT2D eigenvalue weighted by Gasteiger charge is -2.08. The van der Waals surface area contributed by atoms with Gasteiger partial charge in [0.25, 0.3) is 0 Å². The van der Waals surface area contributed by atoms with Crippen LogP contribution < -0.4 is 0 Å². The highest BCUT2D eigenvalue weighted by atomic mass is 79.9. The highest BCUT2D eigenvalue weighted by molar-refractivity contribution is 9.09. The Hall–Kier alpha value is -0.580. The summed E-state index contributed by atoms with van der Waals surface area (Å²) < 4.78 is 36.5. The van der Waals surface area contributed by atoms with Crippen LogP contribution >= 0.6 is 15.9 Å². The number of hydrogen-bond acceptors (Lipinski definition) is 1. The van der Waals surface area contributed by atoms with E-state index in [9.17, 15) is 13.2 Å². The van der Waals surface area contributed by atoms with Crippen LogP contribution in [0.25, 0.3) is 0 Å². The fraction of sp³-hybridized carbons (Fsp3) is 0.375. The van der Waals surface area contributed by atoms with Gasteiger partial charge in [0, 0.05) is 11.0 Å². The maximum absolute atomic E-state index is 12.2. The van der Waals surface area contributed by atoms with Crippen molar-refractivity contribution in [3.8, 4) is 0 Å². The molecule has 0 saturated heterocycles. The molecule has 0 bridgehead atoms. The predicted molar refractivity (Wildman–Crippen MR) is 46.6 cm³/mol. The molecule has 0 aliphatic carbocycles. The number of alkyl halides is 4. The van der Waals surface area contributed by atoms with Crippen LogP contribution in [0.4, 0.5) is 13.2 Å². The minimum Gasteiger partial charge on any atom is -0.252 e. The lowest BCUT2D eigenvalue weighted by Crippen LogP contribution is -2.08. The van der Waals surface area contributed by atoms with Crippen molar-refractivity contribution >= 4 is 15.9 Å². The summed E-state index contributed by atoms with van der Waals surface area (Å²) in [6.07, 6.45) is -3.20. The molecule has 0 saturated carbocycles. The molecule has 72 valence electrons. The molecule has 0 fully saturated rings. The van der Waals surface area contributed by atoms with Crippen LogP contribution in [0.15, 0.2) is 18.3 Å². The summed E-state index contributed by atoms with van der Waals surface area (Å²) in [5.74, 6) is 0. The van der Waals surface area contributed by atoms with Crippen LogP contribution in [0.1, 0.15) is 23.0 Å². The van der Waals surface area contributed by atoms with Crippen molar-refractivity contribution in [2.24, 2.45) is 0 Å². The van der Waals surface area contributed by atoms with E-state index < -0.39 is 11.9 Å². The van der Waals surface area contributed by atoms with E-state index in [1.54, 1.807) is 13.0 Å². The third-order valence-corrected chi connectivity index (χ3v) is 2.06. The summed E-state index contributed by atoms with van der Waals surface area (Å²) in [7, 11) is 0. The fourth-order valence-corrected chi connectivity index (χ4v) is 1.13. The number of hydrogen-bond donors (Lipinski definition) is 0. The van der Waals surface area contributed by atoms with E-state index in [-0.39, 0.29) is 4.83 Å². The topological polar surface area (TPSA) is 12.9 Å². The Morgan fingerprint density at radius 2 is 2.08 bits per heavy atom. The van der Waals surface area contributed by atoms with Crippen molar-refractivity contribution in [1.29, 1.82) is 0 Å². The van der Waals surface area contributed by atoms with Crippen LogP contribution in [0.2, 0.25) is 0 Å². The number of halogens is 4. The average molecular weight is 254 g/mol. The second-order valence-electron chi connectivity index (χ2n) is 2.59. The van der Waals surface area contributed by atoms with Crippen molar-refractivity contribution in [3.05, 3.63) is 29.6 Å². The Bertz CT molecular complexity index is 296. The first-order valence-electron chi connectivity index (χ1n) is 3.58. The van der Waals surface area contributed by atoms with Gasteiger partial charge in [-0.25, -0.2) is 0 Å². The van der Waals surface area contributed by atoms with Gasteiger partial charge in [-0.1, -0.05) is 15.9 Å². The molecule has 1 rings (SSSR count). The second kappa shape index (κ2) is 3.65. The number of pyridine rings is 1. The van der Waals surface area contributed by atoms with Gasteiger partial charge < -0.3 is 0 Å². The first kappa shape index (κ1) is 10.5. The monoisotopic (exact) mass is 253 g/mol. The van der Waals surface area contributed by atoms with E-state index in [1.165, 1.54) is 0 Å². The Morgan fingerprint density at radius 1 is 1.46 bits per heavy atom. The molecule has 0 aromatic carbocycles. The van der Waals surface area contributed by atoms with Crippen LogP contribution in [0.3, 0.4) is 0 Å². The van der Waals surface area contributed by atoms with Crippen molar-refractivity contribution < 1.29 is 13.2 Å². The van der Waals surface area contributed by atoms with E-state index in [0.717, 1.165) is 12.3 Å². The molecule has 0 radical (unpaired) electrons. The van der Waals surface area contributed by atoms with E-state index in [4.69, 9.17) is 0 Å². The van der Waals surface area contributed by atoms with Gasteiger partial charge in [-0.2, -0.15) is 13.2 Å². The summed E-state index contributed by atoms with van der Waals surface area (Å²) in [5.41, 5.74) is -0.279. The van der Waals surface area contributed by atoms with Crippen LogP contribution in [-0.4, -0.2) is 4.98 Å². The maximum atomic E-state index is 12.2. The first-order valence-corrected chi connectivity index (χ1v) is 4.50. The first-order chi connectivity index (χ1) is 5.91. The number of aromatic nitrogens is 1. The molecule has 1 aromatic rings. The van der Waals surface area contributed by atoms with E-state index in [0.29, 0.717) is 5.56 Å². The third-order valence-electron chi connectivity index (χ3n) is 1.53. The molecule has 0 aliphatic rings. The van der Waals surface area contributed by atoms with Crippen molar-refractivity contribution in [1.82, 2.24) is 4.98 Å². The predicted octanol–water partition coefficient (Wildman–Crippen LogP) is 3.56. The second-order valence-corrected chi connectivity index (χ2v) is 3.96. The molecule has 1 aromatic heterocycles. The quantitative estimate of drug-likeness (QED) is 0.698. The summed E-state index contributed by atoms with van der Waals surface area (Å²) in [4.78, 5) is 3.15. The zero-order valence-electron chi connectivity index (χ0n) is 6.77. The molecule has 1 heterocycles. The maximum Gasteiger partial charge on any atom is 0.433 e. The molecular formula is C8H7BrF3N. The van der Waals surface area contributed by atoms with Crippen LogP contribution in [-0.2, 0) is 6.18 Å². The van der Waals surface area contributed by atoms with Crippen LogP contribution in [0.5, 0.6) is 0 Å². The van der Waals surface area contributed by atoms with Gasteiger partial charge in [-0.3, -0.25) is 4.98 Å². The van der Waals surface area contributed by atoms with Gasteiger partial charge in [-0.15, -0.1) is 0 Å². The minimum absolute atomic E-state index is 0.100. The summed E-state index contributed by atoms with van der Waals surface area (Å²) in [5, 5.41) is 0. The molecule has 0 spiro atoms. The highest BCUT2D eigenvalue weighted by Crippen LogP contribution is 2.30. The largest absolute Gasteiger partial charge is 0.433 e. The molecule has 0 aliphatic heterocycles. The van der Waals surface area contributed by atoms with Gasteiger partial charge in [0.1, 0.15) is 5.69 Å². The molecule has 0 N–H and O–H groups in total. The van der Waals surface area contributed by atoms with Gasteiger partial charge in [0.05, 0.1) is 0 Å². The van der Waals surface area contributed by atoms with E-state index in [2.05, 4.69) is 20.9 Å². The van der Waals surface area contributed by atoms with Gasteiger partial charge in [0.2, 0.25) is 0 Å². The van der Waals surface area contributed by atoms with Crippen molar-refractivity contribution in [2.75, 3.05) is 0 Å².